The number of ether oxygens (including phenoxy) is 1. The Morgan fingerprint density at radius 2 is 2.05 bits per heavy atom. The van der Waals surface area contributed by atoms with Gasteiger partial charge in [0.15, 0.2) is 0 Å². The first-order valence-electron chi connectivity index (χ1n) is 7.33. The average Bonchev–Trinajstić information content (AvgIpc) is 2.41. The molecule has 0 aromatic heterocycles. The molecule has 0 atom stereocenters. The molecule has 1 aromatic rings. The van der Waals surface area contributed by atoms with Crippen LogP contribution in [0.1, 0.15) is 39.2 Å². The summed E-state index contributed by atoms with van der Waals surface area (Å²) < 4.78 is 5.73. The van der Waals surface area contributed by atoms with E-state index in [0.717, 1.165) is 38.3 Å². The first-order valence-corrected chi connectivity index (χ1v) is 7.33. The first-order chi connectivity index (χ1) is 9.24. The van der Waals surface area contributed by atoms with E-state index in [9.17, 15) is 0 Å². The minimum absolute atomic E-state index is 0.715. The predicted octanol–water partition coefficient (Wildman–Crippen LogP) is 4.12. The van der Waals surface area contributed by atoms with Gasteiger partial charge in [0, 0.05) is 5.56 Å². The van der Waals surface area contributed by atoms with Crippen LogP contribution in [0.15, 0.2) is 30.3 Å². The highest BCUT2D eigenvalue weighted by Gasteiger charge is 1.98. The quantitative estimate of drug-likeness (QED) is 0.675. The maximum absolute atomic E-state index is 5.73. The first kappa shape index (κ1) is 15.8. The molecule has 0 fully saturated rings. The fraction of sp³-hybridized carbons (Fsp3) is 0.529. The summed E-state index contributed by atoms with van der Waals surface area (Å²) >= 11 is 0. The summed E-state index contributed by atoms with van der Waals surface area (Å²) in [5.74, 6) is 1.70. The van der Waals surface area contributed by atoms with Crippen LogP contribution >= 0.6 is 0 Å². The Hall–Kier alpha value is -1.28. The zero-order valence-electron chi connectivity index (χ0n) is 12.5. The van der Waals surface area contributed by atoms with Gasteiger partial charge in [-0.3, -0.25) is 0 Å². The molecule has 0 radical (unpaired) electrons. The molecule has 0 spiro atoms. The number of hydrogen-bond acceptors (Lipinski definition) is 2. The van der Waals surface area contributed by atoms with Crippen molar-refractivity contribution in [3.8, 4) is 5.75 Å². The predicted molar refractivity (Wildman–Crippen MR) is 83.6 cm³/mol. The molecular weight excluding hydrogens is 234 g/mol. The van der Waals surface area contributed by atoms with E-state index < -0.39 is 0 Å². The lowest BCUT2D eigenvalue weighted by molar-refractivity contribution is 0.317. The molecule has 0 unspecified atom stereocenters. The third-order valence-electron chi connectivity index (χ3n) is 2.72. The van der Waals surface area contributed by atoms with Gasteiger partial charge in [0.2, 0.25) is 0 Å². The van der Waals surface area contributed by atoms with Crippen molar-refractivity contribution in [1.82, 2.24) is 5.32 Å². The van der Waals surface area contributed by atoms with E-state index in [1.807, 2.05) is 12.1 Å². The largest absolute Gasteiger partial charge is 0.493 e. The van der Waals surface area contributed by atoms with Crippen LogP contribution in [0.4, 0.5) is 0 Å². The normalized spacial score (nSPS) is 11.4. The standard InChI is InChI=1S/C17H27NO/c1-4-13-19-17-11-6-5-9-16(17)10-7-8-12-18-14-15(2)3/h5-7,9-11,15,18H,4,8,12-14H2,1-3H3/b10-7+. The molecule has 0 aliphatic heterocycles. The molecule has 2 nitrogen and oxygen atoms in total. The topological polar surface area (TPSA) is 21.3 Å². The van der Waals surface area contributed by atoms with Crippen LogP contribution in [0, 0.1) is 5.92 Å². The van der Waals surface area contributed by atoms with E-state index >= 15 is 0 Å². The van der Waals surface area contributed by atoms with Gasteiger partial charge in [0.25, 0.3) is 0 Å². The fourth-order valence-corrected chi connectivity index (χ4v) is 1.75. The molecule has 0 heterocycles. The van der Waals surface area contributed by atoms with E-state index in [1.54, 1.807) is 0 Å². The van der Waals surface area contributed by atoms with Gasteiger partial charge in [-0.25, -0.2) is 0 Å². The zero-order valence-corrected chi connectivity index (χ0v) is 12.5. The molecule has 19 heavy (non-hydrogen) atoms. The minimum Gasteiger partial charge on any atom is -0.493 e. The number of benzene rings is 1. The molecule has 0 amide bonds. The summed E-state index contributed by atoms with van der Waals surface area (Å²) in [6.07, 6.45) is 6.45. The van der Waals surface area contributed by atoms with Gasteiger partial charge in [-0.15, -0.1) is 0 Å². The summed E-state index contributed by atoms with van der Waals surface area (Å²) in [6.45, 7) is 9.48. The van der Waals surface area contributed by atoms with Gasteiger partial charge in [0.05, 0.1) is 6.61 Å². The van der Waals surface area contributed by atoms with Crippen molar-refractivity contribution < 1.29 is 4.74 Å². The van der Waals surface area contributed by atoms with Crippen LogP contribution in [0.5, 0.6) is 5.75 Å². The van der Waals surface area contributed by atoms with Crippen LogP contribution in [0.2, 0.25) is 0 Å². The van der Waals surface area contributed by atoms with Crippen molar-refractivity contribution in [1.29, 1.82) is 0 Å². The number of hydrogen-bond donors (Lipinski definition) is 1. The summed E-state index contributed by atoms with van der Waals surface area (Å²) in [7, 11) is 0. The van der Waals surface area contributed by atoms with Crippen molar-refractivity contribution in [2.75, 3.05) is 19.7 Å². The lowest BCUT2D eigenvalue weighted by atomic mass is 10.1. The van der Waals surface area contributed by atoms with Crippen molar-refractivity contribution in [2.24, 2.45) is 5.92 Å². The molecule has 2 heteroatoms. The monoisotopic (exact) mass is 261 g/mol. The molecule has 1 rings (SSSR count). The van der Waals surface area contributed by atoms with Gasteiger partial charge in [-0.1, -0.05) is 51.1 Å². The SMILES string of the molecule is CCCOc1ccccc1/C=C/CCNCC(C)C. The van der Waals surface area contributed by atoms with Gasteiger partial charge < -0.3 is 10.1 Å². The molecule has 0 saturated heterocycles. The lowest BCUT2D eigenvalue weighted by Crippen LogP contribution is -2.20. The van der Waals surface area contributed by atoms with Crippen molar-refractivity contribution >= 4 is 6.08 Å². The van der Waals surface area contributed by atoms with Gasteiger partial charge in [-0.2, -0.15) is 0 Å². The van der Waals surface area contributed by atoms with Crippen LogP contribution in [0.25, 0.3) is 6.08 Å². The van der Waals surface area contributed by atoms with Gasteiger partial charge >= 0.3 is 0 Å². The number of rotatable bonds is 9. The Morgan fingerprint density at radius 3 is 2.79 bits per heavy atom. The third kappa shape index (κ3) is 7.02. The van der Waals surface area contributed by atoms with E-state index in [2.05, 4.69) is 50.4 Å². The second-order valence-electron chi connectivity index (χ2n) is 5.18. The molecule has 0 saturated carbocycles. The Kier molecular flexibility index (Phi) is 7.99. The Bertz CT molecular complexity index is 371. The zero-order chi connectivity index (χ0) is 13.9. The van der Waals surface area contributed by atoms with Crippen molar-refractivity contribution in [3.63, 3.8) is 0 Å². The van der Waals surface area contributed by atoms with E-state index in [4.69, 9.17) is 4.74 Å². The average molecular weight is 261 g/mol. The lowest BCUT2D eigenvalue weighted by Gasteiger charge is -2.08. The summed E-state index contributed by atoms with van der Waals surface area (Å²) in [5, 5.41) is 3.44. The summed E-state index contributed by atoms with van der Waals surface area (Å²) in [5.41, 5.74) is 1.17. The number of para-hydroxylation sites is 1. The molecule has 1 N–H and O–H groups in total. The van der Waals surface area contributed by atoms with E-state index in [-0.39, 0.29) is 0 Å². The van der Waals surface area contributed by atoms with Crippen LogP contribution in [0.3, 0.4) is 0 Å². The second kappa shape index (κ2) is 9.62. The Labute approximate surface area is 117 Å². The smallest absolute Gasteiger partial charge is 0.126 e. The van der Waals surface area contributed by atoms with Crippen molar-refractivity contribution in [2.45, 2.75) is 33.6 Å². The highest BCUT2D eigenvalue weighted by atomic mass is 16.5. The Balaban J connectivity index is 2.38. The van der Waals surface area contributed by atoms with Crippen LogP contribution < -0.4 is 10.1 Å². The van der Waals surface area contributed by atoms with Gasteiger partial charge in [-0.05, 0) is 37.9 Å². The molecule has 0 bridgehead atoms. The second-order valence-corrected chi connectivity index (χ2v) is 5.18. The van der Waals surface area contributed by atoms with E-state index in [1.165, 1.54) is 5.56 Å². The van der Waals surface area contributed by atoms with Crippen LogP contribution in [-0.2, 0) is 0 Å². The Morgan fingerprint density at radius 1 is 1.26 bits per heavy atom. The minimum atomic E-state index is 0.715. The molecule has 0 aliphatic rings. The summed E-state index contributed by atoms with van der Waals surface area (Å²) in [4.78, 5) is 0. The van der Waals surface area contributed by atoms with Gasteiger partial charge in [0.1, 0.15) is 5.75 Å². The molecular formula is C17H27NO. The fourth-order valence-electron chi connectivity index (χ4n) is 1.75. The molecule has 1 aromatic carbocycles. The van der Waals surface area contributed by atoms with E-state index in [0.29, 0.717) is 5.92 Å². The van der Waals surface area contributed by atoms with Crippen molar-refractivity contribution in [3.05, 3.63) is 35.9 Å². The third-order valence-corrected chi connectivity index (χ3v) is 2.72. The highest BCUT2D eigenvalue weighted by Crippen LogP contribution is 2.19. The molecule has 0 aliphatic carbocycles. The highest BCUT2D eigenvalue weighted by molar-refractivity contribution is 5.57. The molecule has 106 valence electrons. The maximum Gasteiger partial charge on any atom is 0.126 e. The maximum atomic E-state index is 5.73. The number of nitrogens with one attached hydrogen (secondary N) is 1. The van der Waals surface area contributed by atoms with Crippen LogP contribution in [-0.4, -0.2) is 19.7 Å². The summed E-state index contributed by atoms with van der Waals surface area (Å²) in [6, 6.07) is 8.21.